The second-order valence-corrected chi connectivity index (χ2v) is 7.11. The zero-order chi connectivity index (χ0) is 11.8. The highest BCUT2D eigenvalue weighted by Crippen LogP contribution is 2.37. The predicted octanol–water partition coefficient (Wildman–Crippen LogP) is 1.41. The molecule has 1 aromatic rings. The van der Waals surface area contributed by atoms with E-state index in [1.54, 1.807) is 6.07 Å². The number of aliphatic hydroxyl groups excluding tert-OH is 1. The maximum atomic E-state index is 11.1. The van der Waals surface area contributed by atoms with E-state index in [1.165, 1.54) is 11.3 Å². The van der Waals surface area contributed by atoms with Crippen molar-refractivity contribution >= 4 is 21.4 Å². The van der Waals surface area contributed by atoms with Gasteiger partial charge in [-0.3, -0.25) is 0 Å². The SMILES string of the molecule is NS(=O)(=O)c1ccc([C@H]2CC[C@H](O)CC2)s1. The number of sulfonamides is 1. The van der Waals surface area contributed by atoms with Crippen LogP contribution in [-0.4, -0.2) is 19.6 Å². The predicted molar refractivity (Wildman–Crippen MR) is 62.9 cm³/mol. The molecule has 0 unspecified atom stereocenters. The molecule has 2 rings (SSSR count). The van der Waals surface area contributed by atoms with Crippen molar-refractivity contribution in [2.75, 3.05) is 0 Å². The fourth-order valence-corrected chi connectivity index (χ4v) is 3.98. The first-order valence-electron chi connectivity index (χ1n) is 5.27. The normalized spacial score (nSPS) is 26.9. The summed E-state index contributed by atoms with van der Waals surface area (Å²) in [6.07, 6.45) is 3.26. The van der Waals surface area contributed by atoms with Crippen molar-refractivity contribution in [1.82, 2.24) is 0 Å². The van der Waals surface area contributed by atoms with Gasteiger partial charge in [-0.15, -0.1) is 11.3 Å². The third-order valence-electron chi connectivity index (χ3n) is 2.98. The maximum absolute atomic E-state index is 11.1. The third-order valence-corrected chi connectivity index (χ3v) is 5.67. The van der Waals surface area contributed by atoms with E-state index in [0.717, 1.165) is 30.6 Å². The van der Waals surface area contributed by atoms with Gasteiger partial charge in [-0.2, -0.15) is 0 Å². The van der Waals surface area contributed by atoms with E-state index in [-0.39, 0.29) is 10.3 Å². The summed E-state index contributed by atoms with van der Waals surface area (Å²) < 4.78 is 22.5. The van der Waals surface area contributed by atoms with E-state index in [1.807, 2.05) is 6.07 Å². The van der Waals surface area contributed by atoms with Gasteiger partial charge in [0.05, 0.1) is 6.10 Å². The van der Waals surface area contributed by atoms with E-state index in [9.17, 15) is 13.5 Å². The molecule has 0 radical (unpaired) electrons. The fraction of sp³-hybridized carbons (Fsp3) is 0.600. The number of rotatable bonds is 2. The van der Waals surface area contributed by atoms with Crippen LogP contribution in [0.15, 0.2) is 16.3 Å². The second kappa shape index (κ2) is 4.44. The summed E-state index contributed by atoms with van der Waals surface area (Å²) >= 11 is 1.25. The molecule has 0 atom stereocenters. The molecule has 0 aliphatic heterocycles. The molecule has 0 saturated heterocycles. The Bertz CT molecular complexity index is 458. The molecule has 0 bridgehead atoms. The number of hydrogen-bond acceptors (Lipinski definition) is 4. The summed E-state index contributed by atoms with van der Waals surface area (Å²) in [5.41, 5.74) is 0. The Hall–Kier alpha value is -0.430. The molecule has 0 aromatic carbocycles. The first-order valence-corrected chi connectivity index (χ1v) is 7.63. The summed E-state index contributed by atoms with van der Waals surface area (Å²) in [5, 5.41) is 14.5. The lowest BCUT2D eigenvalue weighted by molar-refractivity contribution is 0.123. The number of thiophene rings is 1. The van der Waals surface area contributed by atoms with Crippen LogP contribution in [0.1, 0.15) is 36.5 Å². The minimum atomic E-state index is -3.56. The zero-order valence-corrected chi connectivity index (χ0v) is 10.4. The Labute approximate surface area is 99.2 Å². The number of hydrogen-bond donors (Lipinski definition) is 2. The van der Waals surface area contributed by atoms with Crippen LogP contribution in [0.2, 0.25) is 0 Å². The van der Waals surface area contributed by atoms with Gasteiger partial charge >= 0.3 is 0 Å². The molecule has 1 saturated carbocycles. The Morgan fingerprint density at radius 2 is 1.88 bits per heavy atom. The molecule has 3 N–H and O–H groups in total. The Balaban J connectivity index is 2.14. The van der Waals surface area contributed by atoms with E-state index >= 15 is 0 Å². The molecule has 4 nitrogen and oxygen atoms in total. The second-order valence-electron chi connectivity index (χ2n) is 4.21. The first kappa shape index (κ1) is 12.0. The van der Waals surface area contributed by atoms with Crippen molar-refractivity contribution in [2.24, 2.45) is 5.14 Å². The Kier molecular flexibility index (Phi) is 3.34. The van der Waals surface area contributed by atoms with Crippen LogP contribution in [0.25, 0.3) is 0 Å². The standard InChI is InChI=1S/C10H15NO3S2/c11-16(13,14)10-6-5-9(15-10)7-1-3-8(12)4-2-7/h5-8,12H,1-4H2,(H2,11,13,14)/t7-,8-. The molecule has 0 amide bonds. The molecule has 1 aliphatic rings. The van der Waals surface area contributed by atoms with Gasteiger partial charge in [-0.25, -0.2) is 13.6 Å². The smallest absolute Gasteiger partial charge is 0.247 e. The minimum Gasteiger partial charge on any atom is -0.393 e. The third kappa shape index (κ3) is 2.63. The van der Waals surface area contributed by atoms with Gasteiger partial charge in [0.1, 0.15) is 4.21 Å². The monoisotopic (exact) mass is 261 g/mol. The van der Waals surface area contributed by atoms with Crippen molar-refractivity contribution in [3.63, 3.8) is 0 Å². The van der Waals surface area contributed by atoms with Crippen LogP contribution in [-0.2, 0) is 10.0 Å². The molecule has 16 heavy (non-hydrogen) atoms. The maximum Gasteiger partial charge on any atom is 0.247 e. The van der Waals surface area contributed by atoms with E-state index in [4.69, 9.17) is 5.14 Å². The molecular weight excluding hydrogens is 246 g/mol. The highest BCUT2D eigenvalue weighted by Gasteiger charge is 2.23. The highest BCUT2D eigenvalue weighted by molar-refractivity contribution is 7.91. The average Bonchev–Trinajstić information content (AvgIpc) is 2.67. The summed E-state index contributed by atoms with van der Waals surface area (Å²) in [6, 6.07) is 3.41. The zero-order valence-electron chi connectivity index (χ0n) is 8.80. The van der Waals surface area contributed by atoms with Crippen LogP contribution < -0.4 is 5.14 Å². The van der Waals surface area contributed by atoms with Gasteiger partial charge in [-0.05, 0) is 43.7 Å². The lowest BCUT2D eigenvalue weighted by Gasteiger charge is -2.24. The van der Waals surface area contributed by atoms with Gasteiger partial charge in [0, 0.05) is 4.88 Å². The van der Waals surface area contributed by atoms with E-state index in [2.05, 4.69) is 0 Å². The van der Waals surface area contributed by atoms with Gasteiger partial charge in [-0.1, -0.05) is 0 Å². The van der Waals surface area contributed by atoms with Crippen LogP contribution in [0.5, 0.6) is 0 Å². The largest absolute Gasteiger partial charge is 0.393 e. The molecule has 0 spiro atoms. The minimum absolute atomic E-state index is 0.186. The molecule has 1 aliphatic carbocycles. The molecule has 6 heteroatoms. The van der Waals surface area contributed by atoms with E-state index in [0.29, 0.717) is 5.92 Å². The molecule has 1 aromatic heterocycles. The molecule has 1 fully saturated rings. The van der Waals surface area contributed by atoms with Gasteiger partial charge in [0.15, 0.2) is 0 Å². The summed E-state index contributed by atoms with van der Waals surface area (Å²) in [7, 11) is -3.56. The summed E-state index contributed by atoms with van der Waals surface area (Å²) in [5.74, 6) is 0.379. The van der Waals surface area contributed by atoms with Crippen molar-refractivity contribution in [2.45, 2.75) is 41.9 Å². The number of primary sulfonamides is 1. The van der Waals surface area contributed by atoms with Crippen molar-refractivity contribution in [3.05, 3.63) is 17.0 Å². The average molecular weight is 261 g/mol. The quantitative estimate of drug-likeness (QED) is 0.844. The van der Waals surface area contributed by atoms with Crippen LogP contribution in [0, 0.1) is 0 Å². The number of aliphatic hydroxyl groups is 1. The van der Waals surface area contributed by atoms with Crippen LogP contribution in [0.3, 0.4) is 0 Å². The topological polar surface area (TPSA) is 80.4 Å². The lowest BCUT2D eigenvalue weighted by Crippen LogP contribution is -2.16. The molecular formula is C10H15NO3S2. The van der Waals surface area contributed by atoms with Gasteiger partial charge in [0.2, 0.25) is 10.0 Å². The lowest BCUT2D eigenvalue weighted by atomic mass is 9.86. The summed E-state index contributed by atoms with van der Waals surface area (Å²) in [6.45, 7) is 0. The number of nitrogens with two attached hydrogens (primary N) is 1. The fourth-order valence-electron chi connectivity index (χ4n) is 2.07. The molecule has 90 valence electrons. The van der Waals surface area contributed by atoms with Crippen molar-refractivity contribution < 1.29 is 13.5 Å². The highest BCUT2D eigenvalue weighted by atomic mass is 32.2. The summed E-state index contributed by atoms with van der Waals surface area (Å²) in [4.78, 5) is 1.07. The van der Waals surface area contributed by atoms with E-state index < -0.39 is 10.0 Å². The van der Waals surface area contributed by atoms with Crippen molar-refractivity contribution in [3.8, 4) is 0 Å². The Morgan fingerprint density at radius 1 is 1.25 bits per heavy atom. The first-order chi connectivity index (χ1) is 7.47. The van der Waals surface area contributed by atoms with Gasteiger partial charge in [0.25, 0.3) is 0 Å². The Morgan fingerprint density at radius 3 is 2.38 bits per heavy atom. The molecule has 1 heterocycles. The van der Waals surface area contributed by atoms with Crippen LogP contribution >= 0.6 is 11.3 Å². The van der Waals surface area contributed by atoms with Gasteiger partial charge < -0.3 is 5.11 Å². The van der Waals surface area contributed by atoms with Crippen LogP contribution in [0.4, 0.5) is 0 Å². The van der Waals surface area contributed by atoms with Crippen molar-refractivity contribution in [1.29, 1.82) is 0 Å².